The number of benzene rings is 1. The largest absolute Gasteiger partial charge is 0.348 e. The highest BCUT2D eigenvalue weighted by molar-refractivity contribution is 7.98. The highest BCUT2D eigenvalue weighted by atomic mass is 32.2. The van der Waals surface area contributed by atoms with E-state index in [1.807, 2.05) is 16.7 Å². The Labute approximate surface area is 290 Å². The predicted molar refractivity (Wildman–Crippen MR) is 199 cm³/mol. The first-order chi connectivity index (χ1) is 23.1. The van der Waals surface area contributed by atoms with Gasteiger partial charge in [0.1, 0.15) is 0 Å². The maximum absolute atomic E-state index is 2.91. The molecule has 0 radical (unpaired) electrons. The Balaban J connectivity index is 1.12. The van der Waals surface area contributed by atoms with Gasteiger partial charge in [0.15, 0.2) is 0 Å². The maximum atomic E-state index is 2.91. The highest BCUT2D eigenvalue weighted by Gasteiger charge is 2.36. The highest BCUT2D eigenvalue weighted by Crippen LogP contribution is 2.50. The van der Waals surface area contributed by atoms with Gasteiger partial charge in [0.25, 0.3) is 0 Å². The quantitative estimate of drug-likeness (QED) is 0.259. The molecule has 0 bridgehead atoms. The summed E-state index contributed by atoms with van der Waals surface area (Å²) in [5.74, 6) is 2.06. The van der Waals surface area contributed by atoms with Crippen LogP contribution in [0.4, 0.5) is 0 Å². The number of rotatable bonds is 6. The van der Waals surface area contributed by atoms with Gasteiger partial charge in [0.05, 0.1) is 0 Å². The first kappa shape index (κ1) is 31.1. The molecule has 47 heavy (non-hydrogen) atoms. The molecule has 9 rings (SSSR count). The Morgan fingerprint density at radius 2 is 1.11 bits per heavy atom. The molecule has 5 aliphatic carbocycles. The molecule has 0 amide bonds. The molecule has 0 N–H and O–H groups in total. The smallest absolute Gasteiger partial charge is 0.0360 e. The standard InChI is InChI=1S/C44H60N2S/c1-28(2)41-32-17-5-8-20-35(32)44(36-21-9-6-18-33(36)41)47-46-39-24-11-10-22-37(39)42-30(15-14-25-40(42)46)27-29(3)43-34-19-7-4-16-31(34)38-23-12-13-26-45(38)43/h28-30H,4-27H2,1-3H3. The van der Waals surface area contributed by atoms with Crippen molar-refractivity contribution in [3.8, 4) is 0 Å². The Hall–Kier alpha value is -1.87. The van der Waals surface area contributed by atoms with E-state index in [1.54, 1.807) is 61.1 Å². The molecule has 0 spiro atoms. The van der Waals surface area contributed by atoms with Crippen molar-refractivity contribution < 1.29 is 0 Å². The molecule has 0 saturated heterocycles. The lowest BCUT2D eigenvalue weighted by atomic mass is 9.76. The minimum atomic E-state index is 0.652. The zero-order valence-corrected chi connectivity index (χ0v) is 30.8. The summed E-state index contributed by atoms with van der Waals surface area (Å²) >= 11 is 2.24. The van der Waals surface area contributed by atoms with Gasteiger partial charge in [0, 0.05) is 34.2 Å². The second-order valence-electron chi connectivity index (χ2n) is 16.9. The van der Waals surface area contributed by atoms with E-state index < -0.39 is 0 Å². The number of aromatic nitrogens is 2. The Kier molecular flexibility index (Phi) is 8.47. The molecule has 2 unspecified atom stereocenters. The van der Waals surface area contributed by atoms with Crippen LogP contribution in [0.3, 0.4) is 0 Å². The average molecular weight is 649 g/mol. The summed E-state index contributed by atoms with van der Waals surface area (Å²) in [6, 6.07) is 0. The predicted octanol–water partition coefficient (Wildman–Crippen LogP) is 11.4. The van der Waals surface area contributed by atoms with Gasteiger partial charge in [-0.3, -0.25) is 3.97 Å². The molecule has 3 heteroatoms. The molecule has 2 aromatic heterocycles. The van der Waals surface area contributed by atoms with Gasteiger partial charge in [-0.2, -0.15) is 0 Å². The second-order valence-corrected chi connectivity index (χ2v) is 17.9. The fourth-order valence-corrected chi connectivity index (χ4v) is 13.4. The SMILES string of the molecule is CC(C)c1c2c(c(Sn3c4c(c5c3CCCC5CC(C)c3c5c(c6n3CCCC6)CCCC5)CCCC4)c3c1CCCC3)CCCC2. The lowest BCUT2D eigenvalue weighted by Crippen LogP contribution is -2.19. The Morgan fingerprint density at radius 1 is 0.553 bits per heavy atom. The number of fused-ring (bicyclic) bond motifs is 8. The molecular formula is C44H60N2S. The van der Waals surface area contributed by atoms with Crippen LogP contribution in [0.5, 0.6) is 0 Å². The molecule has 0 fully saturated rings. The number of hydrogen-bond donors (Lipinski definition) is 0. The summed E-state index contributed by atoms with van der Waals surface area (Å²) in [4.78, 5) is 1.73. The molecule has 1 aliphatic heterocycles. The van der Waals surface area contributed by atoms with Crippen LogP contribution in [-0.2, 0) is 70.8 Å². The van der Waals surface area contributed by atoms with Gasteiger partial charge in [-0.15, -0.1) is 0 Å². The second kappa shape index (κ2) is 12.8. The minimum absolute atomic E-state index is 0.652. The van der Waals surface area contributed by atoms with E-state index in [4.69, 9.17) is 0 Å². The van der Waals surface area contributed by atoms with Crippen molar-refractivity contribution in [1.29, 1.82) is 0 Å². The van der Waals surface area contributed by atoms with E-state index >= 15 is 0 Å². The Bertz CT molecular complexity index is 1610. The molecule has 2 nitrogen and oxygen atoms in total. The molecule has 252 valence electrons. The van der Waals surface area contributed by atoms with Crippen LogP contribution in [-0.4, -0.2) is 8.54 Å². The summed E-state index contributed by atoms with van der Waals surface area (Å²) in [6.45, 7) is 8.87. The molecule has 6 aliphatic rings. The molecular weight excluding hydrogens is 589 g/mol. The van der Waals surface area contributed by atoms with Gasteiger partial charge in [0.2, 0.25) is 0 Å². The third-order valence-corrected chi connectivity index (χ3v) is 15.0. The third-order valence-electron chi connectivity index (χ3n) is 13.7. The summed E-state index contributed by atoms with van der Waals surface area (Å²) in [5.41, 5.74) is 23.2. The zero-order chi connectivity index (χ0) is 31.6. The van der Waals surface area contributed by atoms with Crippen LogP contribution < -0.4 is 0 Å². The molecule has 0 saturated carbocycles. The van der Waals surface area contributed by atoms with Gasteiger partial charge < -0.3 is 4.57 Å². The average Bonchev–Trinajstić information content (AvgIpc) is 3.61. The topological polar surface area (TPSA) is 9.86 Å². The van der Waals surface area contributed by atoms with Crippen molar-refractivity contribution in [3.05, 3.63) is 72.8 Å². The molecule has 3 heterocycles. The van der Waals surface area contributed by atoms with Gasteiger partial charge in [-0.05, 0) is 227 Å². The van der Waals surface area contributed by atoms with Crippen molar-refractivity contribution in [1.82, 2.24) is 8.54 Å². The zero-order valence-electron chi connectivity index (χ0n) is 30.0. The summed E-state index contributed by atoms with van der Waals surface area (Å²) in [6.07, 6.45) is 31.3. The summed E-state index contributed by atoms with van der Waals surface area (Å²) < 4.78 is 5.79. The number of hydrogen-bond acceptors (Lipinski definition) is 1. The first-order valence-electron chi connectivity index (χ1n) is 20.5. The van der Waals surface area contributed by atoms with E-state index in [0.29, 0.717) is 11.8 Å². The normalized spacial score (nSPS) is 22.6. The molecule has 2 atom stereocenters. The summed E-state index contributed by atoms with van der Waals surface area (Å²) in [5, 5.41) is 0. The fraction of sp³-hybridized carbons (Fsp3) is 0.682. The summed E-state index contributed by atoms with van der Waals surface area (Å²) in [7, 11) is 0. The van der Waals surface area contributed by atoms with Crippen molar-refractivity contribution in [2.45, 2.75) is 198 Å². The van der Waals surface area contributed by atoms with Crippen molar-refractivity contribution in [2.24, 2.45) is 0 Å². The van der Waals surface area contributed by atoms with Crippen LogP contribution in [0.2, 0.25) is 0 Å². The van der Waals surface area contributed by atoms with Crippen LogP contribution >= 0.6 is 11.9 Å². The minimum Gasteiger partial charge on any atom is -0.348 e. The molecule has 3 aromatic rings. The van der Waals surface area contributed by atoms with Crippen molar-refractivity contribution in [2.75, 3.05) is 0 Å². The number of nitrogens with zero attached hydrogens (tertiary/aromatic N) is 2. The van der Waals surface area contributed by atoms with E-state index in [1.165, 1.54) is 154 Å². The third kappa shape index (κ3) is 5.17. The van der Waals surface area contributed by atoms with Crippen molar-refractivity contribution >= 4 is 11.9 Å². The van der Waals surface area contributed by atoms with E-state index in [9.17, 15) is 0 Å². The van der Waals surface area contributed by atoms with Crippen molar-refractivity contribution in [3.63, 3.8) is 0 Å². The maximum Gasteiger partial charge on any atom is 0.0360 e. The lowest BCUT2D eigenvalue weighted by molar-refractivity contribution is 0.447. The Morgan fingerprint density at radius 3 is 1.81 bits per heavy atom. The first-order valence-corrected chi connectivity index (χ1v) is 21.2. The van der Waals surface area contributed by atoms with Crippen LogP contribution in [0.15, 0.2) is 4.90 Å². The van der Waals surface area contributed by atoms with E-state index in [-0.39, 0.29) is 0 Å². The van der Waals surface area contributed by atoms with Crippen LogP contribution in [0.1, 0.15) is 195 Å². The van der Waals surface area contributed by atoms with Gasteiger partial charge >= 0.3 is 0 Å². The van der Waals surface area contributed by atoms with Gasteiger partial charge in [-0.25, -0.2) is 0 Å². The van der Waals surface area contributed by atoms with E-state index in [2.05, 4.69) is 41.3 Å². The monoisotopic (exact) mass is 648 g/mol. The molecule has 1 aromatic carbocycles. The lowest BCUT2D eigenvalue weighted by Gasteiger charge is -2.33. The van der Waals surface area contributed by atoms with Crippen LogP contribution in [0, 0.1) is 0 Å². The van der Waals surface area contributed by atoms with E-state index in [0.717, 1.165) is 5.92 Å². The van der Waals surface area contributed by atoms with Gasteiger partial charge in [-0.1, -0.05) is 20.8 Å². The fourth-order valence-electron chi connectivity index (χ4n) is 11.9. The van der Waals surface area contributed by atoms with Crippen LogP contribution in [0.25, 0.3) is 0 Å².